The summed E-state index contributed by atoms with van der Waals surface area (Å²) in [5, 5.41) is 8.57. The summed E-state index contributed by atoms with van der Waals surface area (Å²) in [6.07, 6.45) is 1.79. The van der Waals surface area contributed by atoms with Crippen LogP contribution in [-0.2, 0) is 0 Å². The Bertz CT molecular complexity index is 885. The van der Waals surface area contributed by atoms with E-state index in [2.05, 4.69) is 51.4 Å². The van der Waals surface area contributed by atoms with Gasteiger partial charge in [-0.3, -0.25) is 10.1 Å². The van der Waals surface area contributed by atoms with Crippen LogP contribution in [0.2, 0.25) is 0 Å². The number of nitrogens with zero attached hydrogens (tertiary/aromatic N) is 2. The third kappa shape index (κ3) is 1.53. The van der Waals surface area contributed by atoms with Crippen molar-refractivity contribution in [3.8, 4) is 11.4 Å². The molecule has 0 radical (unpaired) electrons. The topological polar surface area (TPSA) is 57.4 Å². The van der Waals surface area contributed by atoms with Gasteiger partial charge >= 0.3 is 0 Å². The van der Waals surface area contributed by atoms with Crippen molar-refractivity contribution in [2.45, 2.75) is 6.92 Å². The van der Waals surface area contributed by atoms with Crippen LogP contribution in [0.5, 0.6) is 0 Å². The summed E-state index contributed by atoms with van der Waals surface area (Å²) < 4.78 is 0. The summed E-state index contributed by atoms with van der Waals surface area (Å²) in [6.45, 7) is 2.09. The number of rotatable bonds is 1. The van der Waals surface area contributed by atoms with E-state index in [1.807, 2.05) is 12.1 Å². The highest BCUT2D eigenvalue weighted by Crippen LogP contribution is 2.27. The van der Waals surface area contributed by atoms with Crippen molar-refractivity contribution >= 4 is 21.9 Å². The number of pyridine rings is 1. The number of benzene rings is 1. The van der Waals surface area contributed by atoms with E-state index in [4.69, 9.17) is 0 Å². The van der Waals surface area contributed by atoms with Gasteiger partial charge in [-0.1, -0.05) is 11.6 Å². The number of H-pyrrole nitrogens is 2. The predicted octanol–water partition coefficient (Wildman–Crippen LogP) is 3.41. The Morgan fingerprint density at radius 3 is 2.95 bits per heavy atom. The monoisotopic (exact) mass is 248 g/mol. The SMILES string of the molecule is Cc1ccc2[nH]c(-c3n[nH]c4cccnc34)cc2c1. The molecule has 92 valence electrons. The van der Waals surface area contributed by atoms with E-state index in [1.165, 1.54) is 10.9 Å². The van der Waals surface area contributed by atoms with Crippen molar-refractivity contribution in [3.05, 3.63) is 48.2 Å². The number of hydrogen-bond donors (Lipinski definition) is 2. The Morgan fingerprint density at radius 1 is 1.05 bits per heavy atom. The molecule has 3 aromatic heterocycles. The van der Waals surface area contributed by atoms with Gasteiger partial charge in [0.1, 0.15) is 11.2 Å². The Balaban J connectivity index is 1.99. The smallest absolute Gasteiger partial charge is 0.135 e. The zero-order valence-electron chi connectivity index (χ0n) is 10.4. The van der Waals surface area contributed by atoms with E-state index in [0.29, 0.717) is 0 Å². The third-order valence-corrected chi connectivity index (χ3v) is 3.35. The first-order chi connectivity index (χ1) is 9.31. The van der Waals surface area contributed by atoms with Gasteiger partial charge in [0.15, 0.2) is 0 Å². The van der Waals surface area contributed by atoms with Crippen LogP contribution >= 0.6 is 0 Å². The molecule has 0 amide bonds. The Kier molecular flexibility index (Phi) is 2.00. The van der Waals surface area contributed by atoms with Gasteiger partial charge in [0, 0.05) is 17.1 Å². The Morgan fingerprint density at radius 2 is 2.00 bits per heavy atom. The molecule has 19 heavy (non-hydrogen) atoms. The summed E-state index contributed by atoms with van der Waals surface area (Å²) in [5.74, 6) is 0. The molecule has 0 fully saturated rings. The van der Waals surface area contributed by atoms with Crippen molar-refractivity contribution < 1.29 is 0 Å². The van der Waals surface area contributed by atoms with Gasteiger partial charge in [0.05, 0.1) is 11.2 Å². The number of fused-ring (bicyclic) bond motifs is 2. The van der Waals surface area contributed by atoms with E-state index < -0.39 is 0 Å². The zero-order valence-corrected chi connectivity index (χ0v) is 10.4. The fourth-order valence-corrected chi connectivity index (χ4v) is 2.42. The second-order valence-corrected chi connectivity index (χ2v) is 4.75. The molecule has 0 atom stereocenters. The van der Waals surface area contributed by atoms with Gasteiger partial charge in [-0.15, -0.1) is 0 Å². The van der Waals surface area contributed by atoms with E-state index in [9.17, 15) is 0 Å². The maximum absolute atomic E-state index is 4.39. The number of aromatic nitrogens is 4. The maximum atomic E-state index is 4.39. The second-order valence-electron chi connectivity index (χ2n) is 4.75. The van der Waals surface area contributed by atoms with Crippen LogP contribution in [0.3, 0.4) is 0 Å². The van der Waals surface area contributed by atoms with Crippen LogP contribution in [0.1, 0.15) is 5.56 Å². The lowest BCUT2D eigenvalue weighted by Crippen LogP contribution is -1.79. The summed E-state index contributed by atoms with van der Waals surface area (Å²) in [7, 11) is 0. The average Bonchev–Trinajstić information content (AvgIpc) is 3.00. The van der Waals surface area contributed by atoms with Crippen molar-refractivity contribution in [1.82, 2.24) is 20.2 Å². The first kappa shape index (κ1) is 10.3. The molecule has 0 unspecified atom stereocenters. The quantitative estimate of drug-likeness (QED) is 0.542. The summed E-state index contributed by atoms with van der Waals surface area (Å²) in [4.78, 5) is 7.79. The second kappa shape index (κ2) is 3.68. The molecule has 0 aliphatic heterocycles. The highest BCUT2D eigenvalue weighted by Gasteiger charge is 2.11. The van der Waals surface area contributed by atoms with Gasteiger partial charge in [-0.05, 0) is 37.3 Å². The van der Waals surface area contributed by atoms with Crippen LogP contribution in [0, 0.1) is 6.92 Å². The number of hydrogen-bond acceptors (Lipinski definition) is 2. The van der Waals surface area contributed by atoms with E-state index in [0.717, 1.165) is 27.9 Å². The minimum Gasteiger partial charge on any atom is -0.353 e. The molecule has 4 aromatic rings. The van der Waals surface area contributed by atoms with Gasteiger partial charge in [-0.25, -0.2) is 0 Å². The molecule has 4 rings (SSSR count). The zero-order chi connectivity index (χ0) is 12.8. The number of aromatic amines is 2. The summed E-state index contributed by atoms with van der Waals surface area (Å²) >= 11 is 0. The molecule has 0 saturated carbocycles. The van der Waals surface area contributed by atoms with E-state index in [1.54, 1.807) is 6.20 Å². The van der Waals surface area contributed by atoms with Crippen LogP contribution in [0.25, 0.3) is 33.3 Å². The minimum atomic E-state index is 0.865. The lowest BCUT2D eigenvalue weighted by Gasteiger charge is -1.92. The van der Waals surface area contributed by atoms with Crippen molar-refractivity contribution in [1.29, 1.82) is 0 Å². The van der Waals surface area contributed by atoms with Crippen LogP contribution < -0.4 is 0 Å². The molecular weight excluding hydrogens is 236 g/mol. The molecule has 0 bridgehead atoms. The maximum Gasteiger partial charge on any atom is 0.135 e. The molecule has 0 aliphatic rings. The largest absolute Gasteiger partial charge is 0.353 e. The molecule has 3 heterocycles. The molecule has 0 spiro atoms. The molecule has 0 aliphatic carbocycles. The summed E-state index contributed by atoms with van der Waals surface area (Å²) in [5.41, 5.74) is 6.07. The first-order valence-electron chi connectivity index (χ1n) is 6.20. The fraction of sp³-hybridized carbons (Fsp3) is 0.0667. The van der Waals surface area contributed by atoms with E-state index >= 15 is 0 Å². The first-order valence-corrected chi connectivity index (χ1v) is 6.20. The number of nitrogens with one attached hydrogen (secondary N) is 2. The third-order valence-electron chi connectivity index (χ3n) is 3.35. The minimum absolute atomic E-state index is 0.865. The van der Waals surface area contributed by atoms with Crippen LogP contribution in [0.4, 0.5) is 0 Å². The van der Waals surface area contributed by atoms with Gasteiger partial charge < -0.3 is 4.98 Å². The van der Waals surface area contributed by atoms with Gasteiger partial charge in [0.2, 0.25) is 0 Å². The predicted molar refractivity (Wildman–Crippen MR) is 75.9 cm³/mol. The van der Waals surface area contributed by atoms with Crippen molar-refractivity contribution in [3.63, 3.8) is 0 Å². The molecule has 0 saturated heterocycles. The van der Waals surface area contributed by atoms with Gasteiger partial charge in [0.25, 0.3) is 0 Å². The number of aryl methyl sites for hydroxylation is 1. The lowest BCUT2D eigenvalue weighted by molar-refractivity contribution is 1.12. The molecule has 1 aromatic carbocycles. The Labute approximate surface area is 109 Å². The normalized spacial score (nSPS) is 11.4. The van der Waals surface area contributed by atoms with Crippen molar-refractivity contribution in [2.75, 3.05) is 0 Å². The average molecular weight is 248 g/mol. The standard InChI is InChI=1S/C15H12N4/c1-9-4-5-11-10(7-9)8-13(17-11)15-14-12(18-19-15)3-2-6-16-14/h2-8,17H,1H3,(H,18,19). The molecule has 4 heteroatoms. The molecular formula is C15H12N4. The van der Waals surface area contributed by atoms with Gasteiger partial charge in [-0.2, -0.15) is 5.10 Å². The highest BCUT2D eigenvalue weighted by atomic mass is 15.1. The van der Waals surface area contributed by atoms with Crippen LogP contribution in [-0.4, -0.2) is 20.2 Å². The van der Waals surface area contributed by atoms with Crippen LogP contribution in [0.15, 0.2) is 42.6 Å². The summed E-state index contributed by atoms with van der Waals surface area (Å²) in [6, 6.07) is 12.4. The molecule has 4 nitrogen and oxygen atoms in total. The van der Waals surface area contributed by atoms with E-state index in [-0.39, 0.29) is 0 Å². The fourth-order valence-electron chi connectivity index (χ4n) is 2.42. The Hall–Kier alpha value is -2.62. The highest BCUT2D eigenvalue weighted by molar-refractivity contribution is 5.93. The lowest BCUT2D eigenvalue weighted by atomic mass is 10.2. The molecule has 2 N–H and O–H groups in total. The van der Waals surface area contributed by atoms with Crippen molar-refractivity contribution in [2.24, 2.45) is 0 Å².